The highest BCUT2D eigenvalue weighted by Gasteiger charge is 2.17. The van der Waals surface area contributed by atoms with Gasteiger partial charge in [-0.1, -0.05) is 27.2 Å². The summed E-state index contributed by atoms with van der Waals surface area (Å²) in [6.07, 6.45) is 4.19. The number of carbonyl (C=O) groups excluding carboxylic acids is 1. The molecule has 0 aromatic carbocycles. The molecule has 96 valence electrons. The summed E-state index contributed by atoms with van der Waals surface area (Å²) in [5.41, 5.74) is 0. The van der Waals surface area contributed by atoms with Crippen LogP contribution in [-0.2, 0) is 9.53 Å². The van der Waals surface area contributed by atoms with Crippen LogP contribution in [0.2, 0.25) is 0 Å². The van der Waals surface area contributed by atoms with Gasteiger partial charge in [0.2, 0.25) is 0 Å². The molecule has 0 aromatic heterocycles. The molecule has 1 unspecified atom stereocenters. The predicted octanol–water partition coefficient (Wildman–Crippen LogP) is 2.74. The summed E-state index contributed by atoms with van der Waals surface area (Å²) in [5, 5.41) is 3.29. The van der Waals surface area contributed by atoms with Gasteiger partial charge in [-0.3, -0.25) is 4.79 Å². The second kappa shape index (κ2) is 9.64. The van der Waals surface area contributed by atoms with Crippen molar-refractivity contribution in [1.82, 2.24) is 5.32 Å². The number of nitrogens with one attached hydrogen (secondary N) is 1. The van der Waals surface area contributed by atoms with Gasteiger partial charge in [-0.05, 0) is 38.6 Å². The summed E-state index contributed by atoms with van der Waals surface area (Å²) in [6, 6.07) is -0.114. The lowest BCUT2D eigenvalue weighted by molar-refractivity contribution is -0.145. The molecule has 0 saturated heterocycles. The Hall–Kier alpha value is -0.570. The van der Waals surface area contributed by atoms with Crippen molar-refractivity contribution in [2.75, 3.05) is 13.2 Å². The molecule has 16 heavy (non-hydrogen) atoms. The van der Waals surface area contributed by atoms with E-state index in [1.54, 1.807) is 0 Å². The third kappa shape index (κ3) is 7.69. The quantitative estimate of drug-likeness (QED) is 0.488. The van der Waals surface area contributed by atoms with E-state index in [2.05, 4.69) is 26.1 Å². The monoisotopic (exact) mass is 229 g/mol. The van der Waals surface area contributed by atoms with Crippen molar-refractivity contribution in [3.05, 3.63) is 0 Å². The van der Waals surface area contributed by atoms with Crippen molar-refractivity contribution in [2.45, 2.75) is 59.4 Å². The Morgan fingerprint density at radius 3 is 2.44 bits per heavy atom. The summed E-state index contributed by atoms with van der Waals surface area (Å²) in [7, 11) is 0. The molecule has 1 N–H and O–H groups in total. The predicted molar refractivity (Wildman–Crippen MR) is 67.4 cm³/mol. The minimum absolute atomic E-state index is 0.103. The topological polar surface area (TPSA) is 38.3 Å². The van der Waals surface area contributed by atoms with Crippen LogP contribution < -0.4 is 5.32 Å². The molecule has 0 aliphatic rings. The molecule has 0 aromatic rings. The molecule has 3 nitrogen and oxygen atoms in total. The average Bonchev–Trinajstić information content (AvgIpc) is 2.22. The highest BCUT2D eigenvalue weighted by molar-refractivity contribution is 5.75. The number of hydrogen-bond acceptors (Lipinski definition) is 3. The van der Waals surface area contributed by atoms with Crippen LogP contribution in [0.25, 0.3) is 0 Å². The molecule has 0 amide bonds. The summed E-state index contributed by atoms with van der Waals surface area (Å²) in [5.74, 6) is 0.628. The summed E-state index contributed by atoms with van der Waals surface area (Å²) in [4.78, 5) is 11.6. The molecule has 0 rings (SSSR count). The van der Waals surface area contributed by atoms with Crippen LogP contribution in [0.15, 0.2) is 0 Å². The average molecular weight is 229 g/mol. The summed E-state index contributed by atoms with van der Waals surface area (Å²) >= 11 is 0. The molecular weight excluding hydrogens is 202 g/mol. The molecule has 0 radical (unpaired) electrons. The Balaban J connectivity index is 3.80. The Labute approximate surface area is 99.9 Å². The molecule has 0 heterocycles. The van der Waals surface area contributed by atoms with E-state index in [-0.39, 0.29) is 12.0 Å². The normalized spacial score (nSPS) is 12.8. The first kappa shape index (κ1) is 15.4. The number of ether oxygens (including phenoxy) is 1. The van der Waals surface area contributed by atoms with Crippen molar-refractivity contribution in [1.29, 1.82) is 0 Å². The first-order chi connectivity index (χ1) is 7.61. The SMILES string of the molecule is CCCC(NCCCC(C)C)C(=O)OCC. The van der Waals surface area contributed by atoms with Crippen LogP contribution in [0.3, 0.4) is 0 Å². The van der Waals surface area contributed by atoms with Gasteiger partial charge in [-0.2, -0.15) is 0 Å². The molecule has 0 fully saturated rings. The van der Waals surface area contributed by atoms with Crippen LogP contribution >= 0.6 is 0 Å². The second-order valence-corrected chi connectivity index (χ2v) is 4.58. The molecule has 0 aliphatic carbocycles. The van der Waals surface area contributed by atoms with E-state index in [9.17, 15) is 4.79 Å². The van der Waals surface area contributed by atoms with Crippen LogP contribution in [0.5, 0.6) is 0 Å². The van der Waals surface area contributed by atoms with E-state index in [1.807, 2.05) is 6.92 Å². The molecule has 0 aliphatic heterocycles. The van der Waals surface area contributed by atoms with Crippen molar-refractivity contribution in [3.8, 4) is 0 Å². The second-order valence-electron chi connectivity index (χ2n) is 4.58. The van der Waals surface area contributed by atoms with E-state index in [1.165, 1.54) is 6.42 Å². The Morgan fingerprint density at radius 1 is 1.25 bits per heavy atom. The van der Waals surface area contributed by atoms with Gasteiger partial charge in [0.05, 0.1) is 6.61 Å². The van der Waals surface area contributed by atoms with Gasteiger partial charge in [0.25, 0.3) is 0 Å². The zero-order chi connectivity index (χ0) is 12.4. The van der Waals surface area contributed by atoms with Gasteiger partial charge in [-0.15, -0.1) is 0 Å². The number of hydrogen-bond donors (Lipinski definition) is 1. The third-order valence-electron chi connectivity index (χ3n) is 2.50. The van der Waals surface area contributed by atoms with E-state index in [4.69, 9.17) is 4.74 Å². The fourth-order valence-electron chi connectivity index (χ4n) is 1.62. The van der Waals surface area contributed by atoms with Crippen molar-refractivity contribution in [2.24, 2.45) is 5.92 Å². The third-order valence-corrected chi connectivity index (χ3v) is 2.50. The number of carbonyl (C=O) groups is 1. The zero-order valence-electron chi connectivity index (χ0n) is 11.2. The van der Waals surface area contributed by atoms with Gasteiger partial charge in [0.1, 0.15) is 6.04 Å². The lowest BCUT2D eigenvalue weighted by Gasteiger charge is -2.16. The minimum atomic E-state index is -0.114. The minimum Gasteiger partial charge on any atom is -0.465 e. The first-order valence-corrected chi connectivity index (χ1v) is 6.51. The highest BCUT2D eigenvalue weighted by Crippen LogP contribution is 2.04. The molecule has 3 heteroatoms. The van der Waals surface area contributed by atoms with Gasteiger partial charge in [-0.25, -0.2) is 0 Å². The van der Waals surface area contributed by atoms with Gasteiger partial charge < -0.3 is 10.1 Å². The maximum absolute atomic E-state index is 11.6. The maximum Gasteiger partial charge on any atom is 0.323 e. The standard InChI is InChI=1S/C13H27NO2/c1-5-8-12(13(15)16-6-2)14-10-7-9-11(3)4/h11-12,14H,5-10H2,1-4H3. The molecule has 0 spiro atoms. The summed E-state index contributed by atoms with van der Waals surface area (Å²) < 4.78 is 5.03. The van der Waals surface area contributed by atoms with Gasteiger partial charge in [0.15, 0.2) is 0 Å². The Bertz CT molecular complexity index is 181. The fraction of sp³-hybridized carbons (Fsp3) is 0.923. The lowest BCUT2D eigenvalue weighted by Crippen LogP contribution is -2.38. The van der Waals surface area contributed by atoms with E-state index in [0.717, 1.165) is 31.7 Å². The Kier molecular flexibility index (Phi) is 9.30. The molecule has 0 saturated carbocycles. The Morgan fingerprint density at radius 2 is 1.94 bits per heavy atom. The van der Waals surface area contributed by atoms with Gasteiger partial charge >= 0.3 is 5.97 Å². The molecule has 0 bridgehead atoms. The van der Waals surface area contributed by atoms with Crippen molar-refractivity contribution >= 4 is 5.97 Å². The van der Waals surface area contributed by atoms with Crippen LogP contribution in [0.1, 0.15) is 53.4 Å². The van der Waals surface area contributed by atoms with Gasteiger partial charge in [0, 0.05) is 0 Å². The van der Waals surface area contributed by atoms with Crippen molar-refractivity contribution < 1.29 is 9.53 Å². The zero-order valence-corrected chi connectivity index (χ0v) is 11.2. The molecule has 1 atom stereocenters. The number of rotatable bonds is 9. The highest BCUT2D eigenvalue weighted by atomic mass is 16.5. The smallest absolute Gasteiger partial charge is 0.323 e. The largest absolute Gasteiger partial charge is 0.465 e. The maximum atomic E-state index is 11.6. The van der Waals surface area contributed by atoms with Crippen LogP contribution in [0, 0.1) is 5.92 Å². The van der Waals surface area contributed by atoms with E-state index in [0.29, 0.717) is 6.61 Å². The van der Waals surface area contributed by atoms with E-state index >= 15 is 0 Å². The molecular formula is C13H27NO2. The van der Waals surface area contributed by atoms with Crippen molar-refractivity contribution in [3.63, 3.8) is 0 Å². The summed E-state index contributed by atoms with van der Waals surface area (Å²) in [6.45, 7) is 9.74. The fourth-order valence-corrected chi connectivity index (χ4v) is 1.62. The van der Waals surface area contributed by atoms with E-state index < -0.39 is 0 Å². The van der Waals surface area contributed by atoms with Crippen LogP contribution in [0.4, 0.5) is 0 Å². The lowest BCUT2D eigenvalue weighted by atomic mass is 10.1. The van der Waals surface area contributed by atoms with Crippen LogP contribution in [-0.4, -0.2) is 25.2 Å². The first-order valence-electron chi connectivity index (χ1n) is 6.51. The number of esters is 1.